The number of ether oxygens (including phenoxy) is 1. The summed E-state index contributed by atoms with van der Waals surface area (Å²) in [4.78, 5) is 27.6. The maximum Gasteiger partial charge on any atom is 0.242 e. The van der Waals surface area contributed by atoms with Crippen molar-refractivity contribution in [1.82, 2.24) is 10.2 Å². The minimum atomic E-state index is -0.702. The number of carbonyl (C=O) groups excluding carboxylic acids is 2. The number of methoxy groups -OCH3 is 1. The number of benzene rings is 2. The van der Waals surface area contributed by atoms with Crippen LogP contribution in [0.1, 0.15) is 50.2 Å². The van der Waals surface area contributed by atoms with Crippen LogP contribution < -0.4 is 10.1 Å². The van der Waals surface area contributed by atoms with Gasteiger partial charge in [-0.3, -0.25) is 9.59 Å². The molecule has 0 aromatic heterocycles. The molecule has 2 aromatic rings. The zero-order chi connectivity index (χ0) is 22.2. The molecule has 2 aromatic carbocycles. The number of rotatable bonds is 8. The van der Waals surface area contributed by atoms with Crippen LogP contribution in [0, 0.1) is 5.82 Å². The van der Waals surface area contributed by atoms with Crippen LogP contribution in [0.5, 0.6) is 5.75 Å². The molecule has 1 saturated carbocycles. The van der Waals surface area contributed by atoms with E-state index in [1.807, 2.05) is 12.1 Å². The maximum absolute atomic E-state index is 14.3. The van der Waals surface area contributed by atoms with Gasteiger partial charge < -0.3 is 15.0 Å². The zero-order valence-electron chi connectivity index (χ0n) is 18.3. The van der Waals surface area contributed by atoms with E-state index in [9.17, 15) is 14.0 Å². The van der Waals surface area contributed by atoms with E-state index in [1.54, 1.807) is 44.4 Å². The molecular weight excluding hydrogens is 395 g/mol. The highest BCUT2D eigenvalue weighted by atomic mass is 19.1. The lowest BCUT2D eigenvalue weighted by atomic mass is 9.95. The first-order chi connectivity index (χ1) is 15.0. The molecule has 1 unspecified atom stereocenters. The van der Waals surface area contributed by atoms with Crippen LogP contribution in [0.25, 0.3) is 0 Å². The van der Waals surface area contributed by atoms with Crippen LogP contribution in [0.15, 0.2) is 48.5 Å². The topological polar surface area (TPSA) is 58.6 Å². The smallest absolute Gasteiger partial charge is 0.242 e. The quantitative estimate of drug-likeness (QED) is 0.687. The minimum Gasteiger partial charge on any atom is -0.497 e. The number of hydrogen-bond donors (Lipinski definition) is 1. The van der Waals surface area contributed by atoms with Crippen molar-refractivity contribution in [1.29, 1.82) is 0 Å². The lowest BCUT2D eigenvalue weighted by Crippen LogP contribution is -2.50. The largest absolute Gasteiger partial charge is 0.497 e. The third-order valence-electron chi connectivity index (χ3n) is 5.93. The van der Waals surface area contributed by atoms with Gasteiger partial charge in [-0.1, -0.05) is 49.6 Å². The van der Waals surface area contributed by atoms with Crippen LogP contribution in [0.3, 0.4) is 0 Å². The van der Waals surface area contributed by atoms with Gasteiger partial charge in [0.25, 0.3) is 0 Å². The summed E-state index contributed by atoms with van der Waals surface area (Å²) in [6.45, 7) is 1.76. The van der Waals surface area contributed by atoms with Crippen LogP contribution in [0.2, 0.25) is 0 Å². The number of halogens is 1. The first-order valence-corrected chi connectivity index (χ1v) is 10.9. The van der Waals surface area contributed by atoms with E-state index in [2.05, 4.69) is 5.32 Å². The van der Waals surface area contributed by atoms with Crippen molar-refractivity contribution < 1.29 is 18.7 Å². The molecule has 3 rings (SSSR count). The molecule has 1 N–H and O–H groups in total. The number of amides is 2. The van der Waals surface area contributed by atoms with Crippen molar-refractivity contribution in [2.24, 2.45) is 0 Å². The molecule has 0 bridgehead atoms. The van der Waals surface area contributed by atoms with Crippen molar-refractivity contribution in [2.75, 3.05) is 7.11 Å². The van der Waals surface area contributed by atoms with Crippen molar-refractivity contribution in [3.8, 4) is 5.75 Å². The second-order valence-electron chi connectivity index (χ2n) is 8.16. The molecule has 2 amide bonds. The van der Waals surface area contributed by atoms with E-state index in [4.69, 9.17) is 4.74 Å². The molecule has 0 spiro atoms. The fraction of sp³-hybridized carbons (Fsp3) is 0.440. The van der Waals surface area contributed by atoms with E-state index in [0.717, 1.165) is 31.2 Å². The van der Waals surface area contributed by atoms with Crippen molar-refractivity contribution in [3.05, 3.63) is 65.5 Å². The lowest BCUT2D eigenvalue weighted by Gasteiger charge is -2.31. The van der Waals surface area contributed by atoms with Crippen molar-refractivity contribution >= 4 is 11.8 Å². The number of hydrogen-bond acceptors (Lipinski definition) is 3. The molecule has 1 aliphatic carbocycles. The van der Waals surface area contributed by atoms with Gasteiger partial charge in [-0.05, 0) is 43.5 Å². The van der Waals surface area contributed by atoms with E-state index < -0.39 is 6.04 Å². The van der Waals surface area contributed by atoms with Crippen LogP contribution in [0.4, 0.5) is 4.39 Å². The minimum absolute atomic E-state index is 0.0426. The van der Waals surface area contributed by atoms with Gasteiger partial charge in [0.1, 0.15) is 17.6 Å². The first kappa shape index (κ1) is 22.8. The summed E-state index contributed by atoms with van der Waals surface area (Å²) >= 11 is 0. The lowest BCUT2D eigenvalue weighted by molar-refractivity contribution is -0.140. The van der Waals surface area contributed by atoms with Gasteiger partial charge in [0.2, 0.25) is 11.8 Å². The highest BCUT2D eigenvalue weighted by Gasteiger charge is 2.28. The second-order valence-corrected chi connectivity index (χ2v) is 8.16. The molecule has 166 valence electrons. The Hall–Kier alpha value is -2.89. The monoisotopic (exact) mass is 426 g/mol. The third-order valence-corrected chi connectivity index (χ3v) is 5.93. The molecule has 1 atom stereocenters. The Bertz CT molecular complexity index is 879. The highest BCUT2D eigenvalue weighted by Crippen LogP contribution is 2.19. The predicted molar refractivity (Wildman–Crippen MR) is 118 cm³/mol. The van der Waals surface area contributed by atoms with Gasteiger partial charge in [0.15, 0.2) is 0 Å². The molecule has 0 radical (unpaired) electrons. The molecule has 5 nitrogen and oxygen atoms in total. The fourth-order valence-corrected chi connectivity index (χ4v) is 3.98. The second kappa shape index (κ2) is 10.9. The Balaban J connectivity index is 1.76. The van der Waals surface area contributed by atoms with Crippen molar-refractivity contribution in [2.45, 2.75) is 64.1 Å². The SMILES string of the molecule is COc1ccc(CC(=O)N(Cc2ccccc2F)C(C)C(=O)NC2CCCCC2)cc1. The Morgan fingerprint density at radius 2 is 1.77 bits per heavy atom. The first-order valence-electron chi connectivity index (χ1n) is 10.9. The van der Waals surface area contributed by atoms with Gasteiger partial charge in [-0.15, -0.1) is 0 Å². The predicted octanol–water partition coefficient (Wildman–Crippen LogP) is 4.24. The normalized spacial score (nSPS) is 15.2. The van der Waals surface area contributed by atoms with E-state index in [0.29, 0.717) is 11.3 Å². The average Bonchev–Trinajstić information content (AvgIpc) is 2.79. The third kappa shape index (κ3) is 6.29. The van der Waals surface area contributed by atoms with Gasteiger partial charge in [0.05, 0.1) is 13.5 Å². The summed E-state index contributed by atoms with van der Waals surface area (Å²) in [5, 5.41) is 3.09. The standard InChI is InChI=1S/C25H31FN2O3/c1-18(25(30)27-21-9-4-3-5-10-21)28(17-20-8-6-7-11-23(20)26)24(29)16-19-12-14-22(31-2)15-13-19/h6-8,11-15,18,21H,3-5,9-10,16-17H2,1-2H3,(H,27,30). The fourth-order valence-electron chi connectivity index (χ4n) is 3.98. The van der Waals surface area contributed by atoms with Crippen LogP contribution in [-0.4, -0.2) is 35.9 Å². The summed E-state index contributed by atoms with van der Waals surface area (Å²) < 4.78 is 19.5. The molecule has 0 heterocycles. The Morgan fingerprint density at radius 1 is 1.10 bits per heavy atom. The number of carbonyl (C=O) groups is 2. The number of nitrogens with one attached hydrogen (secondary N) is 1. The summed E-state index contributed by atoms with van der Waals surface area (Å²) in [7, 11) is 1.59. The molecule has 0 saturated heterocycles. The summed E-state index contributed by atoms with van der Waals surface area (Å²) in [6.07, 6.45) is 5.46. The van der Waals surface area contributed by atoms with Gasteiger partial charge in [-0.2, -0.15) is 0 Å². The summed E-state index contributed by atoms with van der Waals surface area (Å²) in [5.74, 6) is -0.0877. The van der Waals surface area contributed by atoms with Gasteiger partial charge >= 0.3 is 0 Å². The molecular formula is C25H31FN2O3. The number of nitrogens with zero attached hydrogens (tertiary/aromatic N) is 1. The molecule has 6 heteroatoms. The van der Waals surface area contributed by atoms with E-state index >= 15 is 0 Å². The Labute approximate surface area is 183 Å². The van der Waals surface area contributed by atoms with E-state index in [-0.39, 0.29) is 36.6 Å². The van der Waals surface area contributed by atoms with Gasteiger partial charge in [0, 0.05) is 18.2 Å². The summed E-state index contributed by atoms with van der Waals surface area (Å²) in [6, 6.07) is 13.0. The molecule has 1 aliphatic rings. The average molecular weight is 427 g/mol. The Morgan fingerprint density at radius 3 is 2.42 bits per heavy atom. The van der Waals surface area contributed by atoms with Crippen molar-refractivity contribution in [3.63, 3.8) is 0 Å². The summed E-state index contributed by atoms with van der Waals surface area (Å²) in [5.41, 5.74) is 1.20. The van der Waals surface area contributed by atoms with Crippen LogP contribution >= 0.6 is 0 Å². The maximum atomic E-state index is 14.3. The highest BCUT2D eigenvalue weighted by molar-refractivity contribution is 5.88. The van der Waals surface area contributed by atoms with E-state index in [1.165, 1.54) is 17.4 Å². The molecule has 31 heavy (non-hydrogen) atoms. The molecule has 1 fully saturated rings. The molecule has 0 aliphatic heterocycles. The zero-order valence-corrected chi connectivity index (χ0v) is 18.3. The van der Waals surface area contributed by atoms with Gasteiger partial charge in [-0.25, -0.2) is 4.39 Å². The van der Waals surface area contributed by atoms with Crippen LogP contribution in [-0.2, 0) is 22.6 Å². The Kier molecular flexibility index (Phi) is 8.04.